The van der Waals surface area contributed by atoms with E-state index < -0.39 is 0 Å². The number of hydrogen-bond acceptors (Lipinski definition) is 4. The van der Waals surface area contributed by atoms with Crippen molar-refractivity contribution in [3.8, 4) is 0 Å². The Labute approximate surface area is 143 Å². The van der Waals surface area contributed by atoms with Gasteiger partial charge in [-0.2, -0.15) is 0 Å². The van der Waals surface area contributed by atoms with E-state index in [9.17, 15) is 14.4 Å². The number of hydrogen-bond donors (Lipinski definition) is 2. The number of benzene rings is 1. The Bertz CT molecular complexity index is 773. The number of carbonyl (C=O) groups excluding carboxylic acids is 3. The number of nitrogens with zero attached hydrogens (tertiary/aromatic N) is 1. The Balaban J connectivity index is 1.73. The molecule has 1 aliphatic rings. The van der Waals surface area contributed by atoms with Gasteiger partial charge in [0.2, 0.25) is 5.91 Å². The van der Waals surface area contributed by atoms with Crippen LogP contribution in [-0.2, 0) is 4.79 Å². The van der Waals surface area contributed by atoms with Gasteiger partial charge in [0.1, 0.15) is 0 Å². The number of amides is 3. The zero-order chi connectivity index (χ0) is 17.1. The number of anilines is 1. The Kier molecular flexibility index (Phi) is 4.61. The lowest BCUT2D eigenvalue weighted by molar-refractivity contribution is -0.126. The molecule has 0 aliphatic carbocycles. The summed E-state index contributed by atoms with van der Waals surface area (Å²) < 4.78 is 0. The molecular formula is C17H17N3O3S. The highest BCUT2D eigenvalue weighted by molar-refractivity contribution is 7.12. The maximum Gasteiger partial charge on any atom is 0.265 e. The quantitative estimate of drug-likeness (QED) is 0.891. The summed E-state index contributed by atoms with van der Waals surface area (Å²) in [7, 11) is 1.71. The van der Waals surface area contributed by atoms with E-state index in [0.29, 0.717) is 29.1 Å². The average Bonchev–Trinajstić information content (AvgIpc) is 3.18. The number of likely N-dealkylation sites (tertiary alicyclic amines) is 1. The Hall–Kier alpha value is -2.67. The number of carbonyl (C=O) groups is 3. The van der Waals surface area contributed by atoms with Crippen LogP contribution in [0.2, 0.25) is 0 Å². The number of nitrogens with one attached hydrogen (secondary N) is 2. The molecule has 3 rings (SSSR count). The lowest BCUT2D eigenvalue weighted by Gasteiger charge is -2.15. The van der Waals surface area contributed by atoms with E-state index in [2.05, 4.69) is 10.6 Å². The summed E-state index contributed by atoms with van der Waals surface area (Å²) in [6, 6.07) is 10.1. The standard InChI is InChI=1S/C17H17N3O3S/c1-20-10-11(9-15(20)21)18-16(22)12-5-2-3-6-13(12)19-17(23)14-7-4-8-24-14/h2-8,11H,9-10H2,1H3,(H,18,22)(H,19,23). The molecule has 2 aromatic rings. The van der Waals surface area contributed by atoms with Crippen LogP contribution in [0.25, 0.3) is 0 Å². The lowest BCUT2D eigenvalue weighted by atomic mass is 10.1. The fraction of sp³-hybridized carbons (Fsp3) is 0.235. The highest BCUT2D eigenvalue weighted by Gasteiger charge is 2.28. The third kappa shape index (κ3) is 3.46. The van der Waals surface area contributed by atoms with Gasteiger partial charge in [-0.05, 0) is 23.6 Å². The van der Waals surface area contributed by atoms with Crippen molar-refractivity contribution in [2.75, 3.05) is 18.9 Å². The van der Waals surface area contributed by atoms with Crippen molar-refractivity contribution in [1.29, 1.82) is 0 Å². The minimum absolute atomic E-state index is 0.0135. The summed E-state index contributed by atoms with van der Waals surface area (Å²) in [5, 5.41) is 7.44. The van der Waals surface area contributed by atoms with Crippen LogP contribution < -0.4 is 10.6 Å². The van der Waals surface area contributed by atoms with Crippen molar-refractivity contribution in [2.24, 2.45) is 0 Å². The van der Waals surface area contributed by atoms with Gasteiger partial charge in [0.25, 0.3) is 11.8 Å². The van der Waals surface area contributed by atoms with Gasteiger partial charge in [-0.25, -0.2) is 0 Å². The van der Waals surface area contributed by atoms with Gasteiger partial charge >= 0.3 is 0 Å². The summed E-state index contributed by atoms with van der Waals surface area (Å²) in [6.07, 6.45) is 0.298. The molecule has 124 valence electrons. The molecule has 1 aromatic carbocycles. The predicted molar refractivity (Wildman–Crippen MR) is 92.2 cm³/mol. The molecule has 7 heteroatoms. The van der Waals surface area contributed by atoms with Crippen LogP contribution in [0.3, 0.4) is 0 Å². The second-order valence-electron chi connectivity index (χ2n) is 5.63. The molecule has 0 spiro atoms. The molecule has 1 atom stereocenters. The van der Waals surface area contributed by atoms with Gasteiger partial charge in [0.15, 0.2) is 0 Å². The molecule has 24 heavy (non-hydrogen) atoms. The second kappa shape index (κ2) is 6.84. The molecular weight excluding hydrogens is 326 g/mol. The van der Waals surface area contributed by atoms with Crippen LogP contribution in [0.5, 0.6) is 0 Å². The van der Waals surface area contributed by atoms with Gasteiger partial charge in [0.05, 0.1) is 22.2 Å². The number of likely N-dealkylation sites (N-methyl/N-ethyl adjacent to an activating group) is 1. The Morgan fingerprint density at radius 2 is 1.96 bits per heavy atom. The maximum atomic E-state index is 12.5. The largest absolute Gasteiger partial charge is 0.347 e. The summed E-state index contributed by atoms with van der Waals surface area (Å²) in [5.41, 5.74) is 0.829. The monoisotopic (exact) mass is 343 g/mol. The van der Waals surface area contributed by atoms with E-state index >= 15 is 0 Å². The van der Waals surface area contributed by atoms with Crippen molar-refractivity contribution in [1.82, 2.24) is 10.2 Å². The van der Waals surface area contributed by atoms with Crippen molar-refractivity contribution >= 4 is 34.7 Å². The first-order valence-electron chi connectivity index (χ1n) is 7.53. The molecule has 1 aromatic heterocycles. The predicted octanol–water partition coefficient (Wildman–Crippen LogP) is 1.96. The summed E-state index contributed by atoms with van der Waals surface area (Å²) in [5.74, 6) is -0.536. The van der Waals surface area contributed by atoms with E-state index in [0.717, 1.165) is 0 Å². The zero-order valence-electron chi connectivity index (χ0n) is 13.1. The van der Waals surface area contributed by atoms with Crippen LogP contribution in [0.1, 0.15) is 26.5 Å². The number of para-hydroxylation sites is 1. The van der Waals surface area contributed by atoms with Crippen molar-refractivity contribution in [3.05, 3.63) is 52.2 Å². The molecule has 1 unspecified atom stereocenters. The Morgan fingerprint density at radius 3 is 2.62 bits per heavy atom. The third-order valence-corrected chi connectivity index (χ3v) is 4.71. The van der Waals surface area contributed by atoms with E-state index in [1.165, 1.54) is 11.3 Å². The van der Waals surface area contributed by atoms with Crippen LogP contribution in [0.4, 0.5) is 5.69 Å². The minimum atomic E-state index is -0.301. The topological polar surface area (TPSA) is 78.5 Å². The first-order valence-corrected chi connectivity index (χ1v) is 8.41. The maximum absolute atomic E-state index is 12.5. The fourth-order valence-electron chi connectivity index (χ4n) is 2.61. The molecule has 0 bridgehead atoms. The van der Waals surface area contributed by atoms with Gasteiger partial charge < -0.3 is 15.5 Å². The van der Waals surface area contributed by atoms with E-state index in [4.69, 9.17) is 0 Å². The zero-order valence-corrected chi connectivity index (χ0v) is 13.9. The smallest absolute Gasteiger partial charge is 0.265 e. The summed E-state index contributed by atoms with van der Waals surface area (Å²) in [4.78, 5) is 38.4. The molecule has 3 amide bonds. The summed E-state index contributed by atoms with van der Waals surface area (Å²) >= 11 is 1.34. The van der Waals surface area contributed by atoms with Gasteiger partial charge in [-0.1, -0.05) is 18.2 Å². The average molecular weight is 343 g/mol. The van der Waals surface area contributed by atoms with Crippen molar-refractivity contribution in [2.45, 2.75) is 12.5 Å². The van der Waals surface area contributed by atoms with Crippen LogP contribution in [-0.4, -0.2) is 42.3 Å². The Morgan fingerprint density at radius 1 is 1.17 bits per heavy atom. The SMILES string of the molecule is CN1CC(NC(=O)c2ccccc2NC(=O)c2cccs2)CC1=O. The fourth-order valence-corrected chi connectivity index (χ4v) is 3.22. The lowest BCUT2D eigenvalue weighted by Crippen LogP contribution is -2.36. The number of thiophene rings is 1. The minimum Gasteiger partial charge on any atom is -0.347 e. The molecule has 1 saturated heterocycles. The summed E-state index contributed by atoms with van der Waals surface area (Å²) in [6.45, 7) is 0.494. The molecule has 2 N–H and O–H groups in total. The van der Waals surface area contributed by atoms with E-state index in [-0.39, 0.29) is 23.8 Å². The molecule has 1 fully saturated rings. The van der Waals surface area contributed by atoms with Crippen molar-refractivity contribution < 1.29 is 14.4 Å². The normalized spacial score (nSPS) is 17.0. The molecule has 0 radical (unpaired) electrons. The van der Waals surface area contributed by atoms with Crippen LogP contribution in [0.15, 0.2) is 41.8 Å². The van der Waals surface area contributed by atoms with Gasteiger partial charge in [-0.3, -0.25) is 14.4 Å². The molecule has 0 saturated carbocycles. The molecule has 6 nitrogen and oxygen atoms in total. The molecule has 1 aliphatic heterocycles. The first kappa shape index (κ1) is 16.2. The highest BCUT2D eigenvalue weighted by atomic mass is 32.1. The first-order chi connectivity index (χ1) is 11.5. The van der Waals surface area contributed by atoms with E-state index in [1.54, 1.807) is 48.3 Å². The highest BCUT2D eigenvalue weighted by Crippen LogP contribution is 2.19. The van der Waals surface area contributed by atoms with Gasteiger partial charge in [-0.15, -0.1) is 11.3 Å². The second-order valence-corrected chi connectivity index (χ2v) is 6.57. The van der Waals surface area contributed by atoms with Crippen LogP contribution >= 0.6 is 11.3 Å². The molecule has 2 heterocycles. The van der Waals surface area contributed by atoms with Gasteiger partial charge in [0, 0.05) is 20.0 Å². The number of rotatable bonds is 4. The van der Waals surface area contributed by atoms with Crippen molar-refractivity contribution in [3.63, 3.8) is 0 Å². The van der Waals surface area contributed by atoms with Crippen LogP contribution in [0, 0.1) is 0 Å². The third-order valence-electron chi connectivity index (χ3n) is 3.84. The van der Waals surface area contributed by atoms with E-state index in [1.807, 2.05) is 5.38 Å².